The number of esters is 2. The predicted octanol–water partition coefficient (Wildman–Crippen LogP) is 4.74. The molecule has 0 fully saturated rings. The van der Waals surface area contributed by atoms with Crippen molar-refractivity contribution in [3.63, 3.8) is 0 Å². The topological polar surface area (TPSA) is 72.8 Å². The van der Waals surface area contributed by atoms with Crippen LogP contribution in [0, 0.1) is 0 Å². The van der Waals surface area contributed by atoms with Crippen LogP contribution in [0.4, 0.5) is 0 Å². The highest BCUT2D eigenvalue weighted by Crippen LogP contribution is 2.15. The number of benzene rings is 2. The number of ether oxygens (including phenoxy) is 2. The maximum atomic E-state index is 10.6. The van der Waals surface area contributed by atoms with Crippen molar-refractivity contribution in [1.29, 1.82) is 0 Å². The summed E-state index contributed by atoms with van der Waals surface area (Å²) in [6.07, 6.45) is 0.609. The molecule has 0 aromatic heterocycles. The van der Waals surface area contributed by atoms with E-state index in [0.29, 0.717) is 0 Å². The first-order chi connectivity index (χ1) is 12.8. The summed E-state index contributed by atoms with van der Waals surface area (Å²) in [5.74, 6) is -0.573. The number of aliphatic hydroxyl groups excluding tert-OH is 1. The Morgan fingerprint density at radius 2 is 1.33 bits per heavy atom. The van der Waals surface area contributed by atoms with Crippen molar-refractivity contribution in [1.82, 2.24) is 0 Å². The quantitative estimate of drug-likeness (QED) is 0.620. The predicted molar refractivity (Wildman–Crippen MR) is 106 cm³/mol. The molecule has 0 aliphatic rings. The maximum Gasteiger partial charge on any atom is 0.307 e. The van der Waals surface area contributed by atoms with E-state index in [1.165, 1.54) is 13.8 Å². The fraction of sp³-hybridized carbons (Fsp3) is 0.273. The second-order valence-corrected chi connectivity index (χ2v) is 5.53. The van der Waals surface area contributed by atoms with Crippen LogP contribution in [0.25, 0.3) is 0 Å². The summed E-state index contributed by atoms with van der Waals surface area (Å²) in [4.78, 5) is 20.4. The molecule has 1 N–H and O–H groups in total. The molecule has 0 aliphatic heterocycles. The summed E-state index contributed by atoms with van der Waals surface area (Å²) in [5.41, 5.74) is 1.99. The molecular formula is C22H28O5. The van der Waals surface area contributed by atoms with E-state index in [1.54, 1.807) is 6.92 Å². The third-order valence-corrected chi connectivity index (χ3v) is 3.14. The average molecular weight is 372 g/mol. The summed E-state index contributed by atoms with van der Waals surface area (Å²) < 4.78 is 9.16. The molecule has 0 saturated heterocycles. The van der Waals surface area contributed by atoms with Gasteiger partial charge in [-0.2, -0.15) is 0 Å². The van der Waals surface area contributed by atoms with E-state index in [9.17, 15) is 9.59 Å². The van der Waals surface area contributed by atoms with Crippen LogP contribution in [0.3, 0.4) is 0 Å². The molecule has 1 unspecified atom stereocenters. The molecular weight excluding hydrogens is 344 g/mol. The largest absolute Gasteiger partial charge is 0.458 e. The minimum atomic E-state index is -0.341. The zero-order valence-electron chi connectivity index (χ0n) is 16.3. The Morgan fingerprint density at radius 3 is 1.59 bits per heavy atom. The van der Waals surface area contributed by atoms with Crippen LogP contribution in [0.5, 0.6) is 0 Å². The fourth-order valence-electron chi connectivity index (χ4n) is 1.89. The minimum absolute atomic E-state index is 0.149. The molecule has 0 aliphatic carbocycles. The SMILES string of the molecule is C=COC(C)=O.CC(=O)O[C@@H](C)c1ccccc1.CC(O)c1ccccc1. The third-order valence-electron chi connectivity index (χ3n) is 3.14. The van der Waals surface area contributed by atoms with E-state index in [2.05, 4.69) is 11.3 Å². The normalized spacial score (nSPS) is 11.3. The molecule has 0 saturated carbocycles. The summed E-state index contributed by atoms with van der Waals surface area (Å²) in [5, 5.41) is 9.02. The van der Waals surface area contributed by atoms with Crippen LogP contribution in [0.1, 0.15) is 51.0 Å². The summed E-state index contributed by atoms with van der Waals surface area (Å²) in [6.45, 7) is 9.51. The van der Waals surface area contributed by atoms with Gasteiger partial charge in [0, 0.05) is 13.8 Å². The van der Waals surface area contributed by atoms with Gasteiger partial charge in [-0.1, -0.05) is 67.2 Å². The number of aliphatic hydroxyl groups is 1. The van der Waals surface area contributed by atoms with Crippen LogP contribution in [-0.4, -0.2) is 17.0 Å². The lowest BCUT2D eigenvalue weighted by Crippen LogP contribution is -2.04. The molecule has 146 valence electrons. The van der Waals surface area contributed by atoms with Gasteiger partial charge in [0.05, 0.1) is 12.4 Å². The van der Waals surface area contributed by atoms with Crippen LogP contribution >= 0.6 is 0 Å². The summed E-state index contributed by atoms with van der Waals surface area (Å²) >= 11 is 0. The Kier molecular flexibility index (Phi) is 12.7. The van der Waals surface area contributed by atoms with Crippen molar-refractivity contribution in [3.8, 4) is 0 Å². The van der Waals surface area contributed by atoms with Crippen LogP contribution < -0.4 is 0 Å². The molecule has 0 amide bonds. The Morgan fingerprint density at radius 1 is 0.889 bits per heavy atom. The van der Waals surface area contributed by atoms with Crippen molar-refractivity contribution in [2.45, 2.75) is 39.9 Å². The average Bonchev–Trinajstić information content (AvgIpc) is 2.63. The van der Waals surface area contributed by atoms with E-state index in [-0.39, 0.29) is 24.1 Å². The lowest BCUT2D eigenvalue weighted by Gasteiger charge is -2.11. The second-order valence-electron chi connectivity index (χ2n) is 5.53. The minimum Gasteiger partial charge on any atom is -0.458 e. The van der Waals surface area contributed by atoms with Crippen LogP contribution in [-0.2, 0) is 19.1 Å². The van der Waals surface area contributed by atoms with Crippen molar-refractivity contribution in [2.75, 3.05) is 0 Å². The monoisotopic (exact) mass is 372 g/mol. The molecule has 0 radical (unpaired) electrons. The van der Waals surface area contributed by atoms with Crippen LogP contribution in [0.2, 0.25) is 0 Å². The van der Waals surface area contributed by atoms with Crippen molar-refractivity contribution >= 4 is 11.9 Å². The molecule has 2 rings (SSSR count). The standard InChI is InChI=1S/C10H12O2.C8H10O.C4H6O2/c1-8(12-9(2)11)10-6-4-3-5-7-10;1-7(9)8-5-3-2-4-6-8;1-3-6-4(2)5/h3-8H,1-2H3;2-7,9H,1H3;3H,1H2,2H3/t8-;;/m0../s1. The van der Waals surface area contributed by atoms with Crippen molar-refractivity contribution < 1.29 is 24.2 Å². The Labute approximate surface area is 161 Å². The number of carbonyl (C=O) groups is 2. The highest BCUT2D eigenvalue weighted by Gasteiger charge is 2.06. The highest BCUT2D eigenvalue weighted by molar-refractivity contribution is 5.66. The number of rotatable bonds is 4. The third kappa shape index (κ3) is 13.0. The molecule has 5 nitrogen and oxygen atoms in total. The Balaban J connectivity index is 0.000000400. The zero-order chi connectivity index (χ0) is 20.7. The van der Waals surface area contributed by atoms with E-state index in [0.717, 1.165) is 17.4 Å². The fourth-order valence-corrected chi connectivity index (χ4v) is 1.89. The van der Waals surface area contributed by atoms with Gasteiger partial charge in [-0.15, -0.1) is 0 Å². The Hall–Kier alpha value is -2.92. The van der Waals surface area contributed by atoms with Crippen molar-refractivity contribution in [2.24, 2.45) is 0 Å². The number of carbonyl (C=O) groups excluding carboxylic acids is 2. The van der Waals surface area contributed by atoms with Gasteiger partial charge in [0.25, 0.3) is 0 Å². The number of hydrogen-bond acceptors (Lipinski definition) is 5. The zero-order valence-corrected chi connectivity index (χ0v) is 16.3. The lowest BCUT2D eigenvalue weighted by atomic mass is 10.1. The van der Waals surface area contributed by atoms with E-state index in [1.807, 2.05) is 67.6 Å². The van der Waals surface area contributed by atoms with Crippen molar-refractivity contribution in [3.05, 3.63) is 84.6 Å². The number of hydrogen-bond donors (Lipinski definition) is 1. The van der Waals surface area contributed by atoms with E-state index < -0.39 is 0 Å². The lowest BCUT2D eigenvalue weighted by molar-refractivity contribution is -0.145. The van der Waals surface area contributed by atoms with Gasteiger partial charge in [-0.05, 0) is 25.0 Å². The summed E-state index contributed by atoms with van der Waals surface area (Å²) in [6, 6.07) is 19.3. The van der Waals surface area contributed by atoms with Gasteiger partial charge in [0.1, 0.15) is 6.10 Å². The molecule has 2 aromatic rings. The molecule has 0 spiro atoms. The molecule has 5 heteroatoms. The van der Waals surface area contributed by atoms with Gasteiger partial charge in [-0.3, -0.25) is 9.59 Å². The maximum absolute atomic E-state index is 10.6. The smallest absolute Gasteiger partial charge is 0.307 e. The van der Waals surface area contributed by atoms with Gasteiger partial charge in [-0.25, -0.2) is 0 Å². The van der Waals surface area contributed by atoms with Gasteiger partial charge in [0.15, 0.2) is 0 Å². The van der Waals surface area contributed by atoms with Gasteiger partial charge in [0.2, 0.25) is 0 Å². The molecule has 0 heterocycles. The first kappa shape index (κ1) is 24.1. The summed E-state index contributed by atoms with van der Waals surface area (Å²) in [7, 11) is 0. The van der Waals surface area contributed by atoms with E-state index in [4.69, 9.17) is 9.84 Å². The highest BCUT2D eigenvalue weighted by atomic mass is 16.5. The second kappa shape index (κ2) is 14.3. The first-order valence-corrected chi connectivity index (χ1v) is 8.51. The Bertz CT molecular complexity index is 666. The van der Waals surface area contributed by atoms with Crippen LogP contribution in [0.15, 0.2) is 73.5 Å². The first-order valence-electron chi connectivity index (χ1n) is 8.51. The van der Waals surface area contributed by atoms with Gasteiger partial charge < -0.3 is 14.6 Å². The van der Waals surface area contributed by atoms with E-state index >= 15 is 0 Å². The molecule has 2 atom stereocenters. The molecule has 27 heavy (non-hydrogen) atoms. The van der Waals surface area contributed by atoms with Gasteiger partial charge >= 0.3 is 11.9 Å². The molecule has 0 bridgehead atoms. The molecule has 2 aromatic carbocycles.